The minimum Gasteiger partial charge on any atom is -0.489 e. The number of hydrogen-bond donors (Lipinski definition) is 0. The van der Waals surface area contributed by atoms with E-state index in [1.807, 2.05) is 0 Å². The molecule has 0 heterocycles. The Hall–Kier alpha value is -1.25. The Labute approximate surface area is 109 Å². The first-order valence-electron chi connectivity index (χ1n) is 4.98. The molecule has 0 unspecified atom stereocenters. The predicted octanol–water partition coefficient (Wildman–Crippen LogP) is 4.71. The third-order valence-corrected chi connectivity index (χ3v) is 2.83. The second kappa shape index (κ2) is 5.39. The van der Waals surface area contributed by atoms with Crippen molar-refractivity contribution in [1.82, 2.24) is 0 Å². The molecule has 2 rings (SSSR count). The topological polar surface area (TPSA) is 9.23 Å². The molecule has 0 aliphatic rings. The van der Waals surface area contributed by atoms with Gasteiger partial charge in [0.2, 0.25) is 0 Å². The summed E-state index contributed by atoms with van der Waals surface area (Å²) in [5.74, 6) is 0.205. The maximum atomic E-state index is 13.4. The van der Waals surface area contributed by atoms with Gasteiger partial charge in [0.05, 0.1) is 5.02 Å². The molecule has 0 aliphatic heterocycles. The second-order valence-electron chi connectivity index (χ2n) is 3.45. The quantitative estimate of drug-likeness (QED) is 0.785. The monoisotopic (exact) mass is 270 g/mol. The summed E-state index contributed by atoms with van der Waals surface area (Å²) in [6.07, 6.45) is 0. The van der Waals surface area contributed by atoms with E-state index >= 15 is 0 Å². The molecule has 17 heavy (non-hydrogen) atoms. The Balaban J connectivity index is 2.13. The third kappa shape index (κ3) is 3.11. The first-order valence-corrected chi connectivity index (χ1v) is 5.73. The molecule has 2 aromatic rings. The standard InChI is InChI=1S/C13H9Cl2FO/c14-9-3-1-4-10(7-9)17-8-11-12(15)5-2-6-13(11)16/h1-7H,8H2. The number of ether oxygens (including phenoxy) is 1. The van der Waals surface area contributed by atoms with Crippen molar-refractivity contribution in [3.05, 3.63) is 63.9 Å². The molecule has 0 N–H and O–H groups in total. The maximum absolute atomic E-state index is 13.4. The lowest BCUT2D eigenvalue weighted by molar-refractivity contribution is 0.300. The summed E-state index contributed by atoms with van der Waals surface area (Å²) in [5.41, 5.74) is 0.342. The van der Waals surface area contributed by atoms with Gasteiger partial charge in [0.1, 0.15) is 18.2 Å². The van der Waals surface area contributed by atoms with E-state index in [0.29, 0.717) is 21.4 Å². The highest BCUT2D eigenvalue weighted by Crippen LogP contribution is 2.22. The van der Waals surface area contributed by atoms with Crippen molar-refractivity contribution >= 4 is 23.2 Å². The number of benzene rings is 2. The molecular formula is C13H9Cl2FO. The Kier molecular flexibility index (Phi) is 3.87. The van der Waals surface area contributed by atoms with E-state index in [2.05, 4.69) is 0 Å². The molecule has 4 heteroatoms. The molecular weight excluding hydrogens is 262 g/mol. The van der Waals surface area contributed by atoms with Gasteiger partial charge in [-0.2, -0.15) is 0 Å². The van der Waals surface area contributed by atoms with Gasteiger partial charge in [0.25, 0.3) is 0 Å². The molecule has 0 saturated heterocycles. The molecule has 0 bridgehead atoms. The van der Waals surface area contributed by atoms with Crippen LogP contribution in [0.4, 0.5) is 4.39 Å². The third-order valence-electron chi connectivity index (χ3n) is 2.24. The van der Waals surface area contributed by atoms with Crippen LogP contribution in [0.5, 0.6) is 5.75 Å². The van der Waals surface area contributed by atoms with Crippen LogP contribution in [0.2, 0.25) is 10.0 Å². The van der Waals surface area contributed by atoms with Crippen LogP contribution in [-0.4, -0.2) is 0 Å². The Morgan fingerprint density at radius 1 is 1.06 bits per heavy atom. The number of rotatable bonds is 3. The lowest BCUT2D eigenvalue weighted by Crippen LogP contribution is -1.99. The summed E-state index contributed by atoms with van der Waals surface area (Å²) in [6.45, 7) is 0.0752. The zero-order valence-corrected chi connectivity index (χ0v) is 10.3. The van der Waals surface area contributed by atoms with Crippen LogP contribution >= 0.6 is 23.2 Å². The molecule has 0 saturated carbocycles. The normalized spacial score (nSPS) is 10.3. The molecule has 0 spiro atoms. The van der Waals surface area contributed by atoms with Crippen LogP contribution in [0.25, 0.3) is 0 Å². The zero-order chi connectivity index (χ0) is 12.3. The van der Waals surface area contributed by atoms with Gasteiger partial charge in [-0.25, -0.2) is 4.39 Å². The van der Waals surface area contributed by atoms with Crippen molar-refractivity contribution in [1.29, 1.82) is 0 Å². The Morgan fingerprint density at radius 2 is 1.82 bits per heavy atom. The highest BCUT2D eigenvalue weighted by Gasteiger charge is 2.07. The van der Waals surface area contributed by atoms with Gasteiger partial charge in [-0.15, -0.1) is 0 Å². The highest BCUT2D eigenvalue weighted by atomic mass is 35.5. The fraction of sp³-hybridized carbons (Fsp3) is 0.0769. The van der Waals surface area contributed by atoms with Crippen molar-refractivity contribution < 1.29 is 9.13 Å². The van der Waals surface area contributed by atoms with E-state index < -0.39 is 0 Å². The molecule has 0 radical (unpaired) electrons. The lowest BCUT2D eigenvalue weighted by atomic mass is 10.2. The van der Waals surface area contributed by atoms with Crippen LogP contribution in [-0.2, 0) is 6.61 Å². The molecule has 2 aromatic carbocycles. The smallest absolute Gasteiger partial charge is 0.131 e. The minimum absolute atomic E-state index is 0.0752. The first-order chi connectivity index (χ1) is 8.16. The van der Waals surface area contributed by atoms with E-state index in [4.69, 9.17) is 27.9 Å². The van der Waals surface area contributed by atoms with E-state index in [-0.39, 0.29) is 12.4 Å². The van der Waals surface area contributed by atoms with E-state index in [1.165, 1.54) is 6.07 Å². The lowest BCUT2D eigenvalue weighted by Gasteiger charge is -2.08. The molecule has 0 atom stereocenters. The Morgan fingerprint density at radius 3 is 2.53 bits per heavy atom. The second-order valence-corrected chi connectivity index (χ2v) is 4.29. The van der Waals surface area contributed by atoms with E-state index in [0.717, 1.165) is 0 Å². The molecule has 0 aliphatic carbocycles. The van der Waals surface area contributed by atoms with Gasteiger partial charge in [-0.1, -0.05) is 35.3 Å². The van der Waals surface area contributed by atoms with Gasteiger partial charge >= 0.3 is 0 Å². The summed E-state index contributed by atoms with van der Waals surface area (Å²) in [6, 6.07) is 11.5. The predicted molar refractivity (Wildman–Crippen MR) is 67.2 cm³/mol. The summed E-state index contributed by atoms with van der Waals surface area (Å²) < 4.78 is 18.9. The fourth-order valence-electron chi connectivity index (χ4n) is 1.38. The average Bonchev–Trinajstić information content (AvgIpc) is 2.28. The average molecular weight is 271 g/mol. The minimum atomic E-state index is -0.375. The molecule has 88 valence electrons. The number of halogens is 3. The summed E-state index contributed by atoms with van der Waals surface area (Å²) in [5, 5.41) is 0.925. The Bertz CT molecular complexity index is 508. The zero-order valence-electron chi connectivity index (χ0n) is 8.79. The summed E-state index contributed by atoms with van der Waals surface area (Å²) >= 11 is 11.7. The van der Waals surface area contributed by atoms with Crippen LogP contribution < -0.4 is 4.74 Å². The molecule has 1 nitrogen and oxygen atoms in total. The van der Waals surface area contributed by atoms with Gasteiger partial charge in [0.15, 0.2) is 0 Å². The fourth-order valence-corrected chi connectivity index (χ4v) is 1.78. The van der Waals surface area contributed by atoms with Crippen molar-refractivity contribution in [2.45, 2.75) is 6.61 Å². The van der Waals surface area contributed by atoms with Crippen molar-refractivity contribution in [2.75, 3.05) is 0 Å². The van der Waals surface area contributed by atoms with Crippen molar-refractivity contribution in [3.8, 4) is 5.75 Å². The van der Waals surface area contributed by atoms with E-state index in [9.17, 15) is 4.39 Å². The SMILES string of the molecule is Fc1cccc(Cl)c1COc1cccc(Cl)c1. The van der Waals surface area contributed by atoms with Crippen LogP contribution in [0.3, 0.4) is 0 Å². The maximum Gasteiger partial charge on any atom is 0.131 e. The van der Waals surface area contributed by atoms with Crippen LogP contribution in [0.1, 0.15) is 5.56 Å². The molecule has 0 amide bonds. The largest absolute Gasteiger partial charge is 0.489 e. The molecule has 0 aromatic heterocycles. The number of hydrogen-bond acceptors (Lipinski definition) is 1. The van der Waals surface area contributed by atoms with Gasteiger partial charge in [-0.3, -0.25) is 0 Å². The first kappa shape index (κ1) is 12.2. The van der Waals surface area contributed by atoms with Gasteiger partial charge in [-0.05, 0) is 30.3 Å². The van der Waals surface area contributed by atoms with Crippen molar-refractivity contribution in [2.24, 2.45) is 0 Å². The van der Waals surface area contributed by atoms with E-state index in [1.54, 1.807) is 36.4 Å². The highest BCUT2D eigenvalue weighted by molar-refractivity contribution is 6.31. The summed E-state index contributed by atoms with van der Waals surface area (Å²) in [4.78, 5) is 0. The van der Waals surface area contributed by atoms with Gasteiger partial charge in [0, 0.05) is 10.6 Å². The molecule has 0 fully saturated rings. The van der Waals surface area contributed by atoms with Crippen molar-refractivity contribution in [3.63, 3.8) is 0 Å². The van der Waals surface area contributed by atoms with Crippen LogP contribution in [0, 0.1) is 5.82 Å². The van der Waals surface area contributed by atoms with Gasteiger partial charge < -0.3 is 4.74 Å². The van der Waals surface area contributed by atoms with Crippen LogP contribution in [0.15, 0.2) is 42.5 Å². The summed E-state index contributed by atoms with van der Waals surface area (Å²) in [7, 11) is 0.